The molecule has 0 unspecified atom stereocenters. The Morgan fingerprint density at radius 2 is 2.06 bits per heavy atom. The van der Waals surface area contributed by atoms with E-state index in [-0.39, 0.29) is 24.1 Å². The van der Waals surface area contributed by atoms with Gasteiger partial charge in [-0.25, -0.2) is 4.98 Å². The minimum atomic E-state index is -0.237. The number of carbonyl (C=O) groups excluding carboxylic acids is 1. The van der Waals surface area contributed by atoms with Crippen LogP contribution in [0.2, 0.25) is 0 Å². The summed E-state index contributed by atoms with van der Waals surface area (Å²) in [6.45, 7) is 2.20. The lowest BCUT2D eigenvalue weighted by atomic mass is 9.95. The maximum absolute atomic E-state index is 13.5. The normalized spacial score (nSPS) is 18.6. The van der Waals surface area contributed by atoms with E-state index in [1.165, 1.54) is 27.5 Å². The highest BCUT2D eigenvalue weighted by Gasteiger charge is 2.33. The van der Waals surface area contributed by atoms with Gasteiger partial charge in [-0.3, -0.25) is 18.9 Å². The molecule has 1 amide bonds. The Bertz CT molecular complexity index is 1310. The number of thiocarbonyl (C=S) groups is 1. The lowest BCUT2D eigenvalue weighted by molar-refractivity contribution is -0.122. The van der Waals surface area contributed by atoms with Crippen molar-refractivity contribution >= 4 is 51.7 Å². The van der Waals surface area contributed by atoms with Gasteiger partial charge in [-0.05, 0) is 49.6 Å². The average molecular weight is 481 g/mol. The van der Waals surface area contributed by atoms with Crippen molar-refractivity contribution in [2.75, 3.05) is 5.32 Å². The molecule has 33 heavy (non-hydrogen) atoms. The summed E-state index contributed by atoms with van der Waals surface area (Å²) in [4.78, 5) is 33.4. The molecule has 3 aromatic heterocycles. The highest BCUT2D eigenvalue weighted by atomic mass is 32.2. The van der Waals surface area contributed by atoms with Crippen molar-refractivity contribution in [1.29, 1.82) is 0 Å². The van der Waals surface area contributed by atoms with Crippen molar-refractivity contribution in [3.63, 3.8) is 0 Å². The molecule has 0 atom stereocenters. The smallest absolute Gasteiger partial charge is 0.267 e. The van der Waals surface area contributed by atoms with Crippen LogP contribution in [0.1, 0.15) is 49.0 Å². The van der Waals surface area contributed by atoms with Gasteiger partial charge in [-0.15, -0.1) is 0 Å². The van der Waals surface area contributed by atoms with E-state index in [1.54, 1.807) is 30.7 Å². The fourth-order valence-corrected chi connectivity index (χ4v) is 5.55. The van der Waals surface area contributed by atoms with Gasteiger partial charge in [0.05, 0.1) is 23.3 Å². The van der Waals surface area contributed by atoms with Crippen molar-refractivity contribution < 1.29 is 9.21 Å². The van der Waals surface area contributed by atoms with Crippen LogP contribution in [0, 0.1) is 6.92 Å². The first kappa shape index (κ1) is 21.9. The number of nitrogens with one attached hydrogen (secondary N) is 1. The number of aromatic nitrogens is 2. The Labute approximate surface area is 200 Å². The van der Waals surface area contributed by atoms with Gasteiger partial charge in [0, 0.05) is 12.2 Å². The standard InChI is InChI=1S/C24H24N4O3S2/c1-15-7-5-11-27-21(15)26-20(25-16-8-3-2-4-9-16)18(22(27)29)13-19-23(30)28(24(32)33-19)14-17-10-6-12-31-17/h5-7,10-13,16,25H,2-4,8-9,14H2,1H3/b19-13+. The van der Waals surface area contributed by atoms with Crippen LogP contribution in [0.4, 0.5) is 5.82 Å². The number of furan rings is 1. The zero-order valence-corrected chi connectivity index (χ0v) is 19.9. The molecule has 3 aromatic rings. The molecule has 1 N–H and O–H groups in total. The Hall–Kier alpha value is -2.91. The lowest BCUT2D eigenvalue weighted by Crippen LogP contribution is -2.28. The second kappa shape index (κ2) is 9.15. The SMILES string of the molecule is Cc1cccn2c(=O)c(/C=C3/SC(=S)N(Cc4ccco4)C3=O)c(NC3CCCCC3)nc12. The van der Waals surface area contributed by atoms with E-state index in [2.05, 4.69) is 5.32 Å². The number of carbonyl (C=O) groups is 1. The molecule has 1 aliphatic carbocycles. The largest absolute Gasteiger partial charge is 0.467 e. The molecule has 1 saturated carbocycles. The summed E-state index contributed by atoms with van der Waals surface area (Å²) in [6.07, 6.45) is 10.5. The molecule has 9 heteroatoms. The summed E-state index contributed by atoms with van der Waals surface area (Å²) in [5.74, 6) is 0.936. The minimum absolute atomic E-state index is 0.210. The third-order valence-electron chi connectivity index (χ3n) is 6.07. The molecule has 1 saturated heterocycles. The van der Waals surface area contributed by atoms with E-state index in [9.17, 15) is 9.59 Å². The summed E-state index contributed by atoms with van der Waals surface area (Å²) < 4.78 is 7.35. The first-order chi connectivity index (χ1) is 16.0. The average Bonchev–Trinajstić information content (AvgIpc) is 3.42. The van der Waals surface area contributed by atoms with Crippen LogP contribution in [0.15, 0.2) is 50.8 Å². The second-order valence-electron chi connectivity index (χ2n) is 8.39. The molecule has 4 heterocycles. The van der Waals surface area contributed by atoms with Crippen molar-refractivity contribution in [1.82, 2.24) is 14.3 Å². The maximum atomic E-state index is 13.5. The third-order valence-corrected chi connectivity index (χ3v) is 7.45. The van der Waals surface area contributed by atoms with Gasteiger partial charge < -0.3 is 9.73 Å². The van der Waals surface area contributed by atoms with Crippen LogP contribution < -0.4 is 10.9 Å². The van der Waals surface area contributed by atoms with Gasteiger partial charge >= 0.3 is 0 Å². The van der Waals surface area contributed by atoms with E-state index in [0.29, 0.717) is 32.0 Å². The number of rotatable bonds is 5. The van der Waals surface area contributed by atoms with Crippen LogP contribution in [0.25, 0.3) is 11.7 Å². The van der Waals surface area contributed by atoms with Crippen LogP contribution in [0.3, 0.4) is 0 Å². The second-order valence-corrected chi connectivity index (χ2v) is 10.1. The summed E-state index contributed by atoms with van der Waals surface area (Å²) in [5, 5.41) is 3.51. The summed E-state index contributed by atoms with van der Waals surface area (Å²) >= 11 is 6.64. The highest BCUT2D eigenvalue weighted by molar-refractivity contribution is 8.26. The lowest BCUT2D eigenvalue weighted by Gasteiger charge is -2.24. The van der Waals surface area contributed by atoms with E-state index in [1.807, 2.05) is 19.1 Å². The molecule has 5 rings (SSSR count). The molecule has 0 spiro atoms. The Kier molecular flexibility index (Phi) is 6.07. The number of pyridine rings is 1. The number of thioether (sulfide) groups is 1. The fraction of sp³-hybridized carbons (Fsp3) is 0.333. The Morgan fingerprint density at radius 3 is 2.82 bits per heavy atom. The minimum Gasteiger partial charge on any atom is -0.467 e. The summed E-state index contributed by atoms with van der Waals surface area (Å²) in [5.41, 5.74) is 1.70. The maximum Gasteiger partial charge on any atom is 0.267 e. The molecule has 7 nitrogen and oxygen atoms in total. The zero-order valence-electron chi connectivity index (χ0n) is 18.2. The number of fused-ring (bicyclic) bond motifs is 1. The molecule has 0 aromatic carbocycles. The molecule has 170 valence electrons. The molecular weight excluding hydrogens is 456 g/mol. The van der Waals surface area contributed by atoms with Crippen LogP contribution in [0.5, 0.6) is 0 Å². The van der Waals surface area contributed by atoms with Gasteiger partial charge in [0.2, 0.25) is 0 Å². The molecule has 0 bridgehead atoms. The van der Waals surface area contributed by atoms with Gasteiger partial charge in [0.15, 0.2) is 0 Å². The molecular formula is C24H24N4O3S2. The Balaban J connectivity index is 1.56. The monoisotopic (exact) mass is 480 g/mol. The number of hydrogen-bond donors (Lipinski definition) is 1. The van der Waals surface area contributed by atoms with Crippen LogP contribution in [-0.4, -0.2) is 30.6 Å². The van der Waals surface area contributed by atoms with Crippen molar-refractivity contribution in [2.24, 2.45) is 0 Å². The predicted molar refractivity (Wildman–Crippen MR) is 134 cm³/mol. The summed E-state index contributed by atoms with van der Waals surface area (Å²) in [7, 11) is 0. The number of hydrogen-bond acceptors (Lipinski definition) is 7. The number of aryl methyl sites for hydroxylation is 1. The first-order valence-corrected chi connectivity index (χ1v) is 12.3. The quantitative estimate of drug-likeness (QED) is 0.417. The van der Waals surface area contributed by atoms with Gasteiger partial charge in [0.1, 0.15) is 21.5 Å². The highest BCUT2D eigenvalue weighted by Crippen LogP contribution is 2.34. The van der Waals surface area contributed by atoms with Gasteiger partial charge in [-0.1, -0.05) is 49.3 Å². The number of nitrogens with zero attached hydrogens (tertiary/aromatic N) is 3. The van der Waals surface area contributed by atoms with Crippen molar-refractivity contribution in [2.45, 2.75) is 51.6 Å². The number of amides is 1. The van der Waals surface area contributed by atoms with Crippen molar-refractivity contribution in [3.05, 3.63) is 68.9 Å². The van der Waals surface area contributed by atoms with Crippen LogP contribution in [-0.2, 0) is 11.3 Å². The first-order valence-electron chi connectivity index (χ1n) is 11.1. The Morgan fingerprint density at radius 1 is 1.24 bits per heavy atom. The van der Waals surface area contributed by atoms with Gasteiger partial charge in [0.25, 0.3) is 11.5 Å². The number of anilines is 1. The molecule has 2 fully saturated rings. The van der Waals surface area contributed by atoms with E-state index >= 15 is 0 Å². The van der Waals surface area contributed by atoms with Crippen LogP contribution >= 0.6 is 24.0 Å². The summed E-state index contributed by atoms with van der Waals surface area (Å²) in [6, 6.07) is 7.60. The third kappa shape index (κ3) is 4.35. The fourth-order valence-electron chi connectivity index (χ4n) is 4.32. The van der Waals surface area contributed by atoms with Crippen molar-refractivity contribution in [3.8, 4) is 0 Å². The predicted octanol–water partition coefficient (Wildman–Crippen LogP) is 4.74. The molecule has 0 radical (unpaired) electrons. The molecule has 2 aliphatic rings. The molecule has 1 aliphatic heterocycles. The van der Waals surface area contributed by atoms with Gasteiger partial charge in [-0.2, -0.15) is 0 Å². The topological polar surface area (TPSA) is 79.8 Å². The van der Waals surface area contributed by atoms with E-state index < -0.39 is 0 Å². The van der Waals surface area contributed by atoms with E-state index in [4.69, 9.17) is 21.6 Å². The van der Waals surface area contributed by atoms with E-state index in [0.717, 1.165) is 31.2 Å². The zero-order chi connectivity index (χ0) is 22.9.